The van der Waals surface area contributed by atoms with Crippen LogP contribution in [0.4, 0.5) is 0 Å². The Morgan fingerprint density at radius 2 is 1.80 bits per heavy atom. The van der Waals surface area contributed by atoms with Gasteiger partial charge in [-0.25, -0.2) is 0 Å². The fraction of sp³-hybridized carbons (Fsp3) is 0.200. The summed E-state index contributed by atoms with van der Waals surface area (Å²) < 4.78 is 7.31. The van der Waals surface area contributed by atoms with E-state index < -0.39 is 0 Å². The summed E-state index contributed by atoms with van der Waals surface area (Å²) in [6, 6.07) is 19.8. The van der Waals surface area contributed by atoms with E-state index >= 15 is 0 Å². The molecule has 0 aliphatic carbocycles. The van der Waals surface area contributed by atoms with Crippen molar-refractivity contribution >= 4 is 5.91 Å². The van der Waals surface area contributed by atoms with Crippen LogP contribution in [0.1, 0.15) is 24.1 Å². The van der Waals surface area contributed by atoms with E-state index in [0.29, 0.717) is 12.3 Å². The number of hydrogen-bond donors (Lipinski definition) is 1. The lowest BCUT2D eigenvalue weighted by atomic mass is 10.1. The molecule has 3 rings (SSSR count). The molecular weight excluding hydrogens is 314 g/mol. The zero-order valence-electron chi connectivity index (χ0n) is 14.1. The van der Waals surface area contributed by atoms with Crippen LogP contribution < -0.4 is 10.1 Å². The lowest BCUT2D eigenvalue weighted by Gasteiger charge is -2.14. The highest BCUT2D eigenvalue weighted by Crippen LogP contribution is 2.12. The highest BCUT2D eigenvalue weighted by Gasteiger charge is 2.10. The summed E-state index contributed by atoms with van der Waals surface area (Å²) in [4.78, 5) is 12.0. The lowest BCUT2D eigenvalue weighted by molar-refractivity contribution is -0.123. The van der Waals surface area contributed by atoms with Crippen LogP contribution in [0.2, 0.25) is 0 Å². The molecule has 5 nitrogen and oxygen atoms in total. The average molecular weight is 335 g/mol. The van der Waals surface area contributed by atoms with Gasteiger partial charge in [-0.05, 0) is 18.1 Å². The van der Waals surface area contributed by atoms with E-state index in [-0.39, 0.29) is 18.6 Å². The van der Waals surface area contributed by atoms with Gasteiger partial charge in [-0.2, -0.15) is 5.10 Å². The second-order valence-corrected chi connectivity index (χ2v) is 5.85. The Morgan fingerprint density at radius 1 is 1.12 bits per heavy atom. The van der Waals surface area contributed by atoms with Crippen molar-refractivity contribution in [3.05, 3.63) is 84.2 Å². The van der Waals surface area contributed by atoms with Gasteiger partial charge in [0.15, 0.2) is 12.4 Å². The minimum Gasteiger partial charge on any atom is -0.480 e. The molecule has 0 saturated heterocycles. The van der Waals surface area contributed by atoms with Crippen molar-refractivity contribution in [1.29, 1.82) is 0 Å². The molecule has 0 spiro atoms. The molecule has 5 heteroatoms. The predicted octanol–water partition coefficient (Wildman–Crippen LogP) is 3.19. The molecule has 0 saturated carbocycles. The van der Waals surface area contributed by atoms with Crippen LogP contribution in [0.15, 0.2) is 73.1 Å². The molecule has 0 fully saturated rings. The Balaban J connectivity index is 1.48. The first kappa shape index (κ1) is 16.8. The van der Waals surface area contributed by atoms with Crippen LogP contribution in [0.5, 0.6) is 5.75 Å². The first-order chi connectivity index (χ1) is 12.2. The molecular formula is C20H21N3O2. The van der Waals surface area contributed by atoms with Crippen molar-refractivity contribution in [2.75, 3.05) is 6.61 Å². The first-order valence-corrected chi connectivity index (χ1v) is 8.24. The molecule has 1 heterocycles. The van der Waals surface area contributed by atoms with E-state index in [0.717, 1.165) is 11.1 Å². The van der Waals surface area contributed by atoms with Crippen LogP contribution in [0.25, 0.3) is 0 Å². The number of hydrogen-bond acceptors (Lipinski definition) is 3. The summed E-state index contributed by atoms with van der Waals surface area (Å²) in [6.07, 6.45) is 3.41. The maximum absolute atomic E-state index is 12.0. The Morgan fingerprint density at radius 3 is 2.52 bits per heavy atom. The van der Waals surface area contributed by atoms with Gasteiger partial charge in [0, 0.05) is 0 Å². The number of amides is 1. The van der Waals surface area contributed by atoms with Gasteiger partial charge in [0.2, 0.25) is 0 Å². The number of rotatable bonds is 7. The van der Waals surface area contributed by atoms with Crippen LogP contribution in [-0.4, -0.2) is 22.3 Å². The molecule has 0 radical (unpaired) electrons. The zero-order valence-corrected chi connectivity index (χ0v) is 14.1. The average Bonchev–Trinajstić information content (AvgIpc) is 3.09. The molecule has 1 N–H and O–H groups in total. The monoisotopic (exact) mass is 335 g/mol. The van der Waals surface area contributed by atoms with E-state index in [2.05, 4.69) is 10.4 Å². The maximum atomic E-state index is 12.0. The lowest BCUT2D eigenvalue weighted by Crippen LogP contribution is -2.31. The van der Waals surface area contributed by atoms with Gasteiger partial charge in [0.1, 0.15) is 0 Å². The van der Waals surface area contributed by atoms with E-state index in [1.54, 1.807) is 17.1 Å². The summed E-state index contributed by atoms with van der Waals surface area (Å²) in [5.74, 6) is 0.422. The molecule has 1 atom stereocenters. The Kier molecular flexibility index (Phi) is 5.46. The van der Waals surface area contributed by atoms with Gasteiger partial charge < -0.3 is 10.1 Å². The van der Waals surface area contributed by atoms with E-state index in [4.69, 9.17) is 4.74 Å². The van der Waals surface area contributed by atoms with Gasteiger partial charge >= 0.3 is 0 Å². The molecule has 0 unspecified atom stereocenters. The molecule has 3 aromatic rings. The van der Waals surface area contributed by atoms with Gasteiger partial charge in [-0.1, -0.05) is 60.7 Å². The zero-order chi connectivity index (χ0) is 17.5. The summed E-state index contributed by atoms with van der Waals surface area (Å²) in [5, 5.41) is 7.18. The van der Waals surface area contributed by atoms with Crippen molar-refractivity contribution in [1.82, 2.24) is 15.1 Å². The van der Waals surface area contributed by atoms with Crippen molar-refractivity contribution in [3.63, 3.8) is 0 Å². The van der Waals surface area contributed by atoms with E-state index in [1.807, 2.05) is 67.6 Å². The Labute approximate surface area is 147 Å². The van der Waals surface area contributed by atoms with Gasteiger partial charge in [0.25, 0.3) is 5.91 Å². The third kappa shape index (κ3) is 4.94. The fourth-order valence-electron chi connectivity index (χ4n) is 2.53. The van der Waals surface area contributed by atoms with E-state index in [1.165, 1.54) is 0 Å². The van der Waals surface area contributed by atoms with Gasteiger partial charge in [0.05, 0.1) is 25.0 Å². The summed E-state index contributed by atoms with van der Waals surface area (Å²) in [6.45, 7) is 2.58. The second kappa shape index (κ2) is 8.15. The fourth-order valence-corrected chi connectivity index (χ4v) is 2.53. The molecule has 1 amide bonds. The number of benzene rings is 2. The van der Waals surface area contributed by atoms with Crippen molar-refractivity contribution in [3.8, 4) is 5.75 Å². The molecule has 2 aromatic carbocycles. The molecule has 25 heavy (non-hydrogen) atoms. The summed E-state index contributed by atoms with van der Waals surface area (Å²) >= 11 is 0. The highest BCUT2D eigenvalue weighted by atomic mass is 16.5. The smallest absolute Gasteiger partial charge is 0.258 e. The third-order valence-electron chi connectivity index (χ3n) is 3.84. The van der Waals surface area contributed by atoms with Crippen molar-refractivity contribution in [2.24, 2.45) is 0 Å². The SMILES string of the molecule is C[C@H](NC(=O)COc1cnn(Cc2ccccc2)c1)c1ccccc1. The normalized spacial score (nSPS) is 11.7. The number of ether oxygens (including phenoxy) is 1. The second-order valence-electron chi connectivity index (χ2n) is 5.85. The minimum absolute atomic E-state index is 0.0335. The number of nitrogens with zero attached hydrogens (tertiary/aromatic N) is 2. The van der Waals surface area contributed by atoms with Crippen LogP contribution in [0, 0.1) is 0 Å². The molecule has 128 valence electrons. The third-order valence-corrected chi connectivity index (χ3v) is 3.84. The van der Waals surface area contributed by atoms with Crippen LogP contribution in [-0.2, 0) is 11.3 Å². The highest BCUT2D eigenvalue weighted by molar-refractivity contribution is 5.78. The number of aromatic nitrogens is 2. The summed E-state index contributed by atoms with van der Waals surface area (Å²) in [7, 11) is 0. The number of carbonyl (C=O) groups excluding carboxylic acids is 1. The van der Waals surface area contributed by atoms with Crippen LogP contribution in [0.3, 0.4) is 0 Å². The number of carbonyl (C=O) groups is 1. The molecule has 0 bridgehead atoms. The van der Waals surface area contributed by atoms with E-state index in [9.17, 15) is 4.79 Å². The topological polar surface area (TPSA) is 56.1 Å². The maximum Gasteiger partial charge on any atom is 0.258 e. The van der Waals surface area contributed by atoms with Gasteiger partial charge in [-0.15, -0.1) is 0 Å². The van der Waals surface area contributed by atoms with Gasteiger partial charge in [-0.3, -0.25) is 9.48 Å². The number of nitrogens with one attached hydrogen (secondary N) is 1. The molecule has 1 aromatic heterocycles. The standard InChI is InChI=1S/C20H21N3O2/c1-16(18-10-6-3-7-11-18)22-20(24)15-25-19-12-21-23(14-19)13-17-8-4-2-5-9-17/h2-12,14,16H,13,15H2,1H3,(H,22,24)/t16-/m0/s1. The molecule has 0 aliphatic heterocycles. The van der Waals surface area contributed by atoms with Crippen molar-refractivity contribution < 1.29 is 9.53 Å². The molecule has 0 aliphatic rings. The Bertz CT molecular complexity index is 800. The predicted molar refractivity (Wildman–Crippen MR) is 96.3 cm³/mol. The largest absolute Gasteiger partial charge is 0.480 e. The van der Waals surface area contributed by atoms with Crippen molar-refractivity contribution in [2.45, 2.75) is 19.5 Å². The quantitative estimate of drug-likeness (QED) is 0.721. The summed E-state index contributed by atoms with van der Waals surface area (Å²) in [5.41, 5.74) is 2.22. The first-order valence-electron chi connectivity index (χ1n) is 8.24. The van der Waals surface area contributed by atoms with Crippen LogP contribution >= 0.6 is 0 Å². The minimum atomic E-state index is -0.160. The Hall–Kier alpha value is -3.08.